The topological polar surface area (TPSA) is 52.3 Å². The minimum atomic E-state index is -0.706. The number of nitrogens with two attached hydrogens (primary N) is 1. The Morgan fingerprint density at radius 2 is 2.29 bits per heavy atom. The summed E-state index contributed by atoms with van der Waals surface area (Å²) in [5, 5.41) is 0. The molecule has 1 aromatic carbocycles. The van der Waals surface area contributed by atoms with Crippen LogP contribution in [-0.4, -0.2) is 12.6 Å². The van der Waals surface area contributed by atoms with Gasteiger partial charge in [-0.3, -0.25) is 0 Å². The maximum absolute atomic E-state index is 13.1. The standard InChI is InChI=1S/C10H12FNO2/c1-2-6-14-10(13)9-7(11)4-3-5-8(9)12/h3-5H,2,6,12H2,1H3. The first-order chi connectivity index (χ1) is 6.66. The summed E-state index contributed by atoms with van der Waals surface area (Å²) in [6, 6.07) is 4.09. The minimum absolute atomic E-state index is 0.103. The van der Waals surface area contributed by atoms with Crippen molar-refractivity contribution < 1.29 is 13.9 Å². The average Bonchev–Trinajstić information content (AvgIpc) is 2.14. The lowest BCUT2D eigenvalue weighted by Crippen LogP contribution is -2.11. The second kappa shape index (κ2) is 4.60. The molecule has 0 amide bonds. The van der Waals surface area contributed by atoms with Crippen LogP contribution in [0.4, 0.5) is 10.1 Å². The van der Waals surface area contributed by atoms with E-state index in [-0.39, 0.29) is 17.9 Å². The van der Waals surface area contributed by atoms with Gasteiger partial charge < -0.3 is 10.5 Å². The average molecular weight is 197 g/mol. The number of carbonyl (C=O) groups is 1. The third-order valence-electron chi connectivity index (χ3n) is 1.69. The van der Waals surface area contributed by atoms with Crippen LogP contribution in [0.25, 0.3) is 0 Å². The van der Waals surface area contributed by atoms with Crippen LogP contribution in [0.5, 0.6) is 0 Å². The Bertz CT molecular complexity index is 319. The van der Waals surface area contributed by atoms with E-state index < -0.39 is 11.8 Å². The van der Waals surface area contributed by atoms with Gasteiger partial charge in [-0.15, -0.1) is 0 Å². The fraction of sp³-hybridized carbons (Fsp3) is 0.300. The number of nitrogen functional groups attached to an aromatic ring is 1. The van der Waals surface area contributed by atoms with Gasteiger partial charge >= 0.3 is 5.97 Å². The highest BCUT2D eigenvalue weighted by molar-refractivity contribution is 5.95. The van der Waals surface area contributed by atoms with E-state index in [0.717, 1.165) is 0 Å². The molecular weight excluding hydrogens is 185 g/mol. The first kappa shape index (κ1) is 10.5. The Morgan fingerprint density at radius 1 is 1.57 bits per heavy atom. The van der Waals surface area contributed by atoms with Crippen LogP contribution in [0, 0.1) is 5.82 Å². The zero-order chi connectivity index (χ0) is 10.6. The van der Waals surface area contributed by atoms with E-state index in [9.17, 15) is 9.18 Å². The fourth-order valence-corrected chi connectivity index (χ4v) is 1.02. The van der Waals surface area contributed by atoms with Gasteiger partial charge in [-0.25, -0.2) is 9.18 Å². The van der Waals surface area contributed by atoms with Gasteiger partial charge in [0, 0.05) is 5.69 Å². The van der Waals surface area contributed by atoms with Gasteiger partial charge in [-0.2, -0.15) is 0 Å². The summed E-state index contributed by atoms with van der Waals surface area (Å²) in [6.07, 6.45) is 0.695. The summed E-state index contributed by atoms with van der Waals surface area (Å²) >= 11 is 0. The van der Waals surface area contributed by atoms with E-state index in [1.54, 1.807) is 0 Å². The van der Waals surface area contributed by atoms with Crippen molar-refractivity contribution in [2.75, 3.05) is 12.3 Å². The van der Waals surface area contributed by atoms with Gasteiger partial charge in [-0.1, -0.05) is 13.0 Å². The molecule has 0 aliphatic rings. The summed E-state index contributed by atoms with van der Waals surface area (Å²) in [7, 11) is 0. The predicted octanol–water partition coefficient (Wildman–Crippen LogP) is 1.97. The van der Waals surface area contributed by atoms with Crippen molar-refractivity contribution in [1.29, 1.82) is 0 Å². The molecule has 0 unspecified atom stereocenters. The summed E-state index contributed by atoms with van der Waals surface area (Å²) in [5.41, 5.74) is 5.38. The number of hydrogen-bond donors (Lipinski definition) is 1. The van der Waals surface area contributed by atoms with Crippen molar-refractivity contribution in [2.24, 2.45) is 0 Å². The van der Waals surface area contributed by atoms with Gasteiger partial charge in [0.2, 0.25) is 0 Å². The van der Waals surface area contributed by atoms with E-state index in [1.807, 2.05) is 6.92 Å². The van der Waals surface area contributed by atoms with Crippen LogP contribution >= 0.6 is 0 Å². The molecule has 0 aliphatic carbocycles. The smallest absolute Gasteiger partial charge is 0.343 e. The van der Waals surface area contributed by atoms with Crippen molar-refractivity contribution >= 4 is 11.7 Å². The third kappa shape index (κ3) is 2.22. The molecule has 76 valence electrons. The van der Waals surface area contributed by atoms with E-state index in [2.05, 4.69) is 0 Å². The van der Waals surface area contributed by atoms with Crippen molar-refractivity contribution in [1.82, 2.24) is 0 Å². The predicted molar refractivity (Wildman–Crippen MR) is 51.4 cm³/mol. The van der Waals surface area contributed by atoms with Crippen molar-refractivity contribution in [3.63, 3.8) is 0 Å². The molecule has 0 fully saturated rings. The summed E-state index contributed by atoms with van der Waals surface area (Å²) < 4.78 is 17.9. The molecule has 0 radical (unpaired) electrons. The minimum Gasteiger partial charge on any atom is -0.462 e. The Labute approximate surface area is 81.7 Å². The third-order valence-corrected chi connectivity index (χ3v) is 1.69. The number of carbonyl (C=O) groups excluding carboxylic acids is 1. The number of benzene rings is 1. The largest absolute Gasteiger partial charge is 0.462 e. The summed E-state index contributed by atoms with van der Waals surface area (Å²) in [5.74, 6) is -1.35. The number of esters is 1. The van der Waals surface area contributed by atoms with Gasteiger partial charge in [0.05, 0.1) is 6.61 Å². The Hall–Kier alpha value is -1.58. The molecule has 0 heterocycles. The molecule has 2 N–H and O–H groups in total. The number of rotatable bonds is 3. The number of ether oxygens (including phenoxy) is 1. The number of halogens is 1. The SMILES string of the molecule is CCCOC(=O)c1c(N)cccc1F. The molecule has 0 bridgehead atoms. The molecule has 0 spiro atoms. The Balaban J connectivity index is 2.89. The lowest BCUT2D eigenvalue weighted by atomic mass is 10.2. The molecule has 0 saturated heterocycles. The van der Waals surface area contributed by atoms with Gasteiger partial charge in [-0.05, 0) is 18.6 Å². The molecule has 0 saturated carbocycles. The van der Waals surface area contributed by atoms with Gasteiger partial charge in [0.1, 0.15) is 11.4 Å². The van der Waals surface area contributed by atoms with Crippen LogP contribution in [0.2, 0.25) is 0 Å². The number of anilines is 1. The molecule has 1 rings (SSSR count). The second-order valence-electron chi connectivity index (χ2n) is 2.84. The highest BCUT2D eigenvalue weighted by atomic mass is 19.1. The molecule has 3 nitrogen and oxygen atoms in total. The van der Waals surface area contributed by atoms with E-state index in [0.29, 0.717) is 6.42 Å². The van der Waals surface area contributed by atoms with E-state index in [4.69, 9.17) is 10.5 Å². The van der Waals surface area contributed by atoms with Crippen LogP contribution in [0.3, 0.4) is 0 Å². The monoisotopic (exact) mass is 197 g/mol. The van der Waals surface area contributed by atoms with Crippen molar-refractivity contribution in [3.8, 4) is 0 Å². The van der Waals surface area contributed by atoms with Crippen LogP contribution in [0.15, 0.2) is 18.2 Å². The summed E-state index contributed by atoms with van der Waals surface area (Å²) in [6.45, 7) is 2.13. The van der Waals surface area contributed by atoms with Crippen molar-refractivity contribution in [3.05, 3.63) is 29.6 Å². The van der Waals surface area contributed by atoms with Gasteiger partial charge in [0.25, 0.3) is 0 Å². The van der Waals surface area contributed by atoms with Gasteiger partial charge in [0.15, 0.2) is 0 Å². The normalized spacial score (nSPS) is 9.86. The highest BCUT2D eigenvalue weighted by Gasteiger charge is 2.15. The molecule has 0 atom stereocenters. The fourth-order valence-electron chi connectivity index (χ4n) is 1.02. The molecule has 4 heteroatoms. The lowest BCUT2D eigenvalue weighted by Gasteiger charge is -2.06. The highest BCUT2D eigenvalue weighted by Crippen LogP contribution is 2.16. The maximum Gasteiger partial charge on any atom is 0.343 e. The first-order valence-corrected chi connectivity index (χ1v) is 4.38. The molecule has 1 aromatic rings. The lowest BCUT2D eigenvalue weighted by molar-refractivity contribution is 0.0501. The Kier molecular flexibility index (Phi) is 3.45. The molecule has 0 aromatic heterocycles. The van der Waals surface area contributed by atoms with Crippen LogP contribution in [-0.2, 0) is 4.74 Å². The summed E-state index contributed by atoms with van der Waals surface area (Å²) in [4.78, 5) is 11.3. The Morgan fingerprint density at radius 3 is 2.86 bits per heavy atom. The first-order valence-electron chi connectivity index (χ1n) is 4.38. The second-order valence-corrected chi connectivity index (χ2v) is 2.84. The van der Waals surface area contributed by atoms with Crippen LogP contribution < -0.4 is 5.73 Å². The zero-order valence-electron chi connectivity index (χ0n) is 7.92. The van der Waals surface area contributed by atoms with Crippen LogP contribution in [0.1, 0.15) is 23.7 Å². The zero-order valence-corrected chi connectivity index (χ0v) is 7.92. The number of hydrogen-bond acceptors (Lipinski definition) is 3. The molecule has 0 aliphatic heterocycles. The van der Waals surface area contributed by atoms with E-state index >= 15 is 0 Å². The quantitative estimate of drug-likeness (QED) is 0.595. The van der Waals surface area contributed by atoms with Crippen molar-refractivity contribution in [2.45, 2.75) is 13.3 Å². The molecular formula is C10H12FNO2. The maximum atomic E-state index is 13.1. The van der Waals surface area contributed by atoms with E-state index in [1.165, 1.54) is 18.2 Å². The molecule has 14 heavy (non-hydrogen) atoms.